The van der Waals surface area contributed by atoms with E-state index >= 15 is 0 Å². The molecule has 0 saturated carbocycles. The Bertz CT molecular complexity index is 1490. The molecule has 1 fully saturated rings. The monoisotopic (exact) mass is 459 g/mol. The van der Waals surface area contributed by atoms with Crippen molar-refractivity contribution in [2.75, 3.05) is 37.4 Å². The van der Waals surface area contributed by atoms with Gasteiger partial charge in [0.2, 0.25) is 0 Å². The largest absolute Gasteiger partial charge is 0.370 e. The van der Waals surface area contributed by atoms with Crippen molar-refractivity contribution in [1.29, 1.82) is 0 Å². The van der Waals surface area contributed by atoms with Gasteiger partial charge in [0.05, 0.1) is 11.0 Å². The lowest BCUT2D eigenvalue weighted by Gasteiger charge is -2.26. The SMILES string of the molecule is CN1CCC(N(C)c2ccc(Nc3ccnc4ccc(-c5cnc6ccccc6c5)cc34)cc2)C1. The molecule has 35 heavy (non-hydrogen) atoms. The maximum Gasteiger partial charge on any atom is 0.0723 e. The van der Waals surface area contributed by atoms with E-state index in [-0.39, 0.29) is 0 Å². The number of likely N-dealkylation sites (tertiary alicyclic amines) is 1. The van der Waals surface area contributed by atoms with E-state index in [1.807, 2.05) is 30.6 Å². The second-order valence-corrected chi connectivity index (χ2v) is 9.49. The van der Waals surface area contributed by atoms with Crippen LogP contribution in [0.1, 0.15) is 6.42 Å². The predicted molar refractivity (Wildman–Crippen MR) is 147 cm³/mol. The van der Waals surface area contributed by atoms with Gasteiger partial charge in [-0.3, -0.25) is 9.97 Å². The summed E-state index contributed by atoms with van der Waals surface area (Å²) in [6, 6.07) is 28.2. The van der Waals surface area contributed by atoms with E-state index in [9.17, 15) is 0 Å². The number of likely N-dealkylation sites (N-methyl/N-ethyl adjacent to an activating group) is 2. The zero-order chi connectivity index (χ0) is 23.8. The summed E-state index contributed by atoms with van der Waals surface area (Å²) >= 11 is 0. The second kappa shape index (κ2) is 9.01. The summed E-state index contributed by atoms with van der Waals surface area (Å²) in [5.74, 6) is 0. The molecule has 0 amide bonds. The highest BCUT2D eigenvalue weighted by atomic mass is 15.2. The van der Waals surface area contributed by atoms with Gasteiger partial charge >= 0.3 is 0 Å². The highest BCUT2D eigenvalue weighted by Gasteiger charge is 2.23. The number of fused-ring (bicyclic) bond motifs is 2. The van der Waals surface area contributed by atoms with Crippen LogP contribution in [0.5, 0.6) is 0 Å². The van der Waals surface area contributed by atoms with Crippen LogP contribution in [0.4, 0.5) is 17.1 Å². The van der Waals surface area contributed by atoms with Crippen molar-refractivity contribution >= 4 is 38.9 Å². The van der Waals surface area contributed by atoms with E-state index in [1.54, 1.807) is 0 Å². The van der Waals surface area contributed by atoms with E-state index in [0.29, 0.717) is 6.04 Å². The quantitative estimate of drug-likeness (QED) is 0.333. The van der Waals surface area contributed by atoms with E-state index in [4.69, 9.17) is 0 Å². The fourth-order valence-corrected chi connectivity index (χ4v) is 5.04. The summed E-state index contributed by atoms with van der Waals surface area (Å²) in [6.45, 7) is 2.29. The molecule has 1 aliphatic heterocycles. The molecule has 5 nitrogen and oxygen atoms in total. The van der Waals surface area contributed by atoms with Crippen molar-refractivity contribution in [2.45, 2.75) is 12.5 Å². The Morgan fingerprint density at radius 1 is 0.886 bits per heavy atom. The minimum absolute atomic E-state index is 0.575. The van der Waals surface area contributed by atoms with Crippen LogP contribution in [0.3, 0.4) is 0 Å². The Hall–Kier alpha value is -3.96. The van der Waals surface area contributed by atoms with Gasteiger partial charge in [-0.2, -0.15) is 0 Å². The standard InChI is InChI=1S/C30H29N5/c1-34-16-14-26(20-34)35(2)25-10-8-24(9-11-25)33-30-13-15-31-29-12-7-21(18-27(29)30)23-17-22-5-3-4-6-28(22)32-19-23/h3-13,15,17-19,26H,14,16,20H2,1-2H3,(H,31,33). The second-order valence-electron chi connectivity index (χ2n) is 9.49. The number of para-hydroxylation sites is 1. The lowest BCUT2D eigenvalue weighted by Crippen LogP contribution is -2.33. The first-order valence-corrected chi connectivity index (χ1v) is 12.2. The molecule has 2 aromatic heterocycles. The number of hydrogen-bond donors (Lipinski definition) is 1. The topological polar surface area (TPSA) is 44.3 Å². The third-order valence-corrected chi connectivity index (χ3v) is 7.13. The van der Waals surface area contributed by atoms with Crippen LogP contribution in [0.2, 0.25) is 0 Å². The highest BCUT2D eigenvalue weighted by molar-refractivity contribution is 5.96. The molecule has 1 unspecified atom stereocenters. The molecule has 5 aromatic rings. The summed E-state index contributed by atoms with van der Waals surface area (Å²) in [4.78, 5) is 14.0. The number of anilines is 3. The van der Waals surface area contributed by atoms with Gasteiger partial charge in [-0.15, -0.1) is 0 Å². The highest BCUT2D eigenvalue weighted by Crippen LogP contribution is 2.31. The molecule has 0 aliphatic carbocycles. The fraction of sp³-hybridized carbons (Fsp3) is 0.200. The van der Waals surface area contributed by atoms with Crippen molar-refractivity contribution in [1.82, 2.24) is 14.9 Å². The van der Waals surface area contributed by atoms with Gasteiger partial charge in [0.1, 0.15) is 0 Å². The number of aromatic nitrogens is 2. The van der Waals surface area contributed by atoms with Crippen LogP contribution in [-0.4, -0.2) is 48.1 Å². The zero-order valence-electron chi connectivity index (χ0n) is 20.1. The Morgan fingerprint density at radius 3 is 2.57 bits per heavy atom. The number of nitrogens with one attached hydrogen (secondary N) is 1. The van der Waals surface area contributed by atoms with Crippen LogP contribution in [0.25, 0.3) is 32.9 Å². The van der Waals surface area contributed by atoms with E-state index in [1.165, 1.54) is 18.7 Å². The summed E-state index contributed by atoms with van der Waals surface area (Å²) in [5.41, 5.74) is 7.57. The lowest BCUT2D eigenvalue weighted by molar-refractivity contribution is 0.409. The minimum atomic E-state index is 0.575. The van der Waals surface area contributed by atoms with Crippen LogP contribution < -0.4 is 10.2 Å². The first-order chi connectivity index (χ1) is 17.1. The van der Waals surface area contributed by atoms with Crippen molar-refractivity contribution in [2.24, 2.45) is 0 Å². The average Bonchev–Trinajstić information content (AvgIpc) is 3.34. The number of rotatable bonds is 5. The van der Waals surface area contributed by atoms with Crippen molar-refractivity contribution in [3.05, 3.63) is 91.3 Å². The van der Waals surface area contributed by atoms with Gasteiger partial charge in [-0.1, -0.05) is 24.3 Å². The predicted octanol–water partition coefficient (Wildman–Crippen LogP) is 6.33. The van der Waals surface area contributed by atoms with Crippen molar-refractivity contribution in [3.63, 3.8) is 0 Å². The first kappa shape index (κ1) is 21.6. The van der Waals surface area contributed by atoms with E-state index < -0.39 is 0 Å². The molecule has 1 saturated heterocycles. The molecule has 5 heteroatoms. The maximum atomic E-state index is 4.64. The summed E-state index contributed by atoms with van der Waals surface area (Å²) in [5, 5.41) is 5.85. The van der Waals surface area contributed by atoms with E-state index in [0.717, 1.165) is 50.9 Å². The Labute approximate surface area is 206 Å². The molecule has 1 N–H and O–H groups in total. The van der Waals surface area contributed by atoms with Crippen molar-refractivity contribution in [3.8, 4) is 11.1 Å². The fourth-order valence-electron chi connectivity index (χ4n) is 5.04. The van der Waals surface area contributed by atoms with Crippen LogP contribution in [0.15, 0.2) is 91.3 Å². The molecule has 3 heterocycles. The third-order valence-electron chi connectivity index (χ3n) is 7.13. The molecule has 3 aromatic carbocycles. The Morgan fingerprint density at radius 2 is 1.74 bits per heavy atom. The van der Waals surface area contributed by atoms with Crippen molar-refractivity contribution < 1.29 is 0 Å². The van der Waals surface area contributed by atoms with Gasteiger partial charge in [0.15, 0.2) is 0 Å². The van der Waals surface area contributed by atoms with Crippen LogP contribution in [-0.2, 0) is 0 Å². The number of benzene rings is 3. The van der Waals surface area contributed by atoms with Crippen LogP contribution in [0, 0.1) is 0 Å². The van der Waals surface area contributed by atoms with Gasteiger partial charge in [0.25, 0.3) is 0 Å². The molecule has 1 aliphatic rings. The van der Waals surface area contributed by atoms with Gasteiger partial charge in [0, 0.05) is 65.4 Å². The molecule has 0 radical (unpaired) electrons. The first-order valence-electron chi connectivity index (χ1n) is 12.2. The summed E-state index contributed by atoms with van der Waals surface area (Å²) in [6.07, 6.45) is 5.02. The average molecular weight is 460 g/mol. The van der Waals surface area contributed by atoms with Crippen LogP contribution >= 0.6 is 0 Å². The molecule has 0 bridgehead atoms. The molecule has 6 rings (SSSR count). The van der Waals surface area contributed by atoms with E-state index in [2.05, 4.69) is 99.8 Å². The number of hydrogen-bond acceptors (Lipinski definition) is 5. The summed E-state index contributed by atoms with van der Waals surface area (Å²) in [7, 11) is 4.40. The molecular weight excluding hydrogens is 430 g/mol. The molecular formula is C30H29N5. The number of nitrogens with zero attached hydrogens (tertiary/aromatic N) is 4. The third kappa shape index (κ3) is 4.31. The van der Waals surface area contributed by atoms with Gasteiger partial charge in [-0.25, -0.2) is 0 Å². The minimum Gasteiger partial charge on any atom is -0.370 e. The zero-order valence-corrected chi connectivity index (χ0v) is 20.1. The van der Waals surface area contributed by atoms with Gasteiger partial charge in [-0.05, 0) is 80.2 Å². The Balaban J connectivity index is 1.28. The summed E-state index contributed by atoms with van der Waals surface area (Å²) < 4.78 is 0. The molecule has 0 spiro atoms. The lowest BCUT2D eigenvalue weighted by atomic mass is 10.0. The smallest absolute Gasteiger partial charge is 0.0723 e. The maximum absolute atomic E-state index is 4.64. The number of pyridine rings is 2. The molecule has 174 valence electrons. The normalized spacial score (nSPS) is 16.1. The molecule has 1 atom stereocenters. The van der Waals surface area contributed by atoms with Gasteiger partial charge < -0.3 is 15.1 Å². The Kier molecular flexibility index (Phi) is 5.55.